The number of sulfonamides is 1. The molecule has 1 aliphatic rings. The van der Waals surface area contributed by atoms with Crippen LogP contribution in [0.15, 0.2) is 17.0 Å². The second-order valence-corrected chi connectivity index (χ2v) is 7.51. The number of likely N-dealkylation sites (N-methyl/N-ethyl adjacent to an activating group) is 1. The third-order valence-corrected chi connectivity index (χ3v) is 5.05. The van der Waals surface area contributed by atoms with E-state index >= 15 is 0 Å². The van der Waals surface area contributed by atoms with Crippen molar-refractivity contribution in [2.75, 3.05) is 13.1 Å². The van der Waals surface area contributed by atoms with Crippen LogP contribution >= 0.6 is 24.0 Å². The van der Waals surface area contributed by atoms with E-state index in [2.05, 4.69) is 10.0 Å². The molecule has 2 N–H and O–H groups in total. The Balaban J connectivity index is 0.00000242. The fraction of sp³-hybridized carbons (Fsp3) is 0.571. The van der Waals surface area contributed by atoms with Crippen LogP contribution in [-0.4, -0.2) is 33.7 Å². The van der Waals surface area contributed by atoms with Gasteiger partial charge in [-0.1, -0.05) is 18.5 Å². The highest BCUT2D eigenvalue weighted by Crippen LogP contribution is 2.37. The van der Waals surface area contributed by atoms with Crippen molar-refractivity contribution in [2.24, 2.45) is 0 Å². The number of nitrogens with one attached hydrogen (secondary N) is 2. The molecule has 1 unspecified atom stereocenters. The zero-order valence-electron chi connectivity index (χ0n) is 12.8. The van der Waals surface area contributed by atoms with E-state index in [-0.39, 0.29) is 29.4 Å². The largest absolute Gasteiger partial charge is 0.489 e. The second-order valence-electron chi connectivity index (χ2n) is 5.34. The van der Waals surface area contributed by atoms with Gasteiger partial charge in [0.2, 0.25) is 10.0 Å². The maximum absolute atomic E-state index is 12.3. The van der Waals surface area contributed by atoms with Crippen molar-refractivity contribution >= 4 is 34.0 Å². The van der Waals surface area contributed by atoms with Crippen LogP contribution in [0.2, 0.25) is 5.02 Å². The lowest BCUT2D eigenvalue weighted by Gasteiger charge is -2.14. The number of ether oxygens (including phenoxy) is 1. The zero-order chi connectivity index (χ0) is 15.6. The van der Waals surface area contributed by atoms with Crippen LogP contribution in [0.5, 0.6) is 5.75 Å². The van der Waals surface area contributed by atoms with Gasteiger partial charge in [-0.25, -0.2) is 13.1 Å². The molecule has 126 valence electrons. The maximum Gasteiger partial charge on any atom is 0.240 e. The van der Waals surface area contributed by atoms with Crippen molar-refractivity contribution in [1.29, 1.82) is 0 Å². The molecule has 1 heterocycles. The van der Waals surface area contributed by atoms with Crippen LogP contribution in [0.25, 0.3) is 0 Å². The molecular weight excluding hydrogens is 347 g/mol. The summed E-state index contributed by atoms with van der Waals surface area (Å²) in [6.45, 7) is 6.96. The van der Waals surface area contributed by atoms with Gasteiger partial charge in [0.1, 0.15) is 11.9 Å². The number of rotatable bonds is 6. The highest BCUT2D eigenvalue weighted by Gasteiger charge is 2.26. The summed E-state index contributed by atoms with van der Waals surface area (Å²) in [6.07, 6.45) is 0.698. The van der Waals surface area contributed by atoms with Crippen molar-refractivity contribution in [2.45, 2.75) is 44.2 Å². The molecule has 0 aromatic heterocycles. The number of hydrogen-bond acceptors (Lipinski definition) is 4. The molecule has 0 saturated heterocycles. The lowest BCUT2D eigenvalue weighted by Crippen LogP contribution is -2.38. The van der Waals surface area contributed by atoms with Gasteiger partial charge in [0.25, 0.3) is 0 Å². The van der Waals surface area contributed by atoms with Crippen molar-refractivity contribution in [3.8, 4) is 5.75 Å². The molecule has 0 bridgehead atoms. The van der Waals surface area contributed by atoms with E-state index in [0.29, 0.717) is 23.7 Å². The maximum atomic E-state index is 12.3. The summed E-state index contributed by atoms with van der Waals surface area (Å²) in [5.41, 5.74) is 0.843. The summed E-state index contributed by atoms with van der Waals surface area (Å²) in [6, 6.07) is 3.15. The van der Waals surface area contributed by atoms with E-state index in [1.807, 2.05) is 20.8 Å². The summed E-state index contributed by atoms with van der Waals surface area (Å²) < 4.78 is 32.9. The molecule has 0 radical (unpaired) electrons. The minimum atomic E-state index is -3.57. The highest BCUT2D eigenvalue weighted by molar-refractivity contribution is 7.89. The second kappa shape index (κ2) is 7.84. The predicted octanol–water partition coefficient (Wildman–Crippen LogP) is 2.36. The molecule has 0 saturated carbocycles. The highest BCUT2D eigenvalue weighted by atomic mass is 35.5. The number of benzene rings is 1. The van der Waals surface area contributed by atoms with Gasteiger partial charge < -0.3 is 10.1 Å². The molecule has 0 aliphatic carbocycles. The molecule has 1 aromatic rings. The molecule has 0 spiro atoms. The van der Waals surface area contributed by atoms with E-state index in [1.165, 1.54) is 6.07 Å². The molecule has 2 rings (SSSR count). The van der Waals surface area contributed by atoms with Crippen LogP contribution in [0.1, 0.15) is 26.3 Å². The van der Waals surface area contributed by atoms with Crippen molar-refractivity contribution in [3.63, 3.8) is 0 Å². The molecule has 22 heavy (non-hydrogen) atoms. The first-order valence-electron chi connectivity index (χ1n) is 7.05. The SMILES string of the molecule is CCN[C@H](C)CNS(=O)(=O)c1cc(Cl)c2c(c1)CC(C)O2.Cl. The van der Waals surface area contributed by atoms with Gasteiger partial charge in [0, 0.05) is 24.6 Å². The molecule has 1 aliphatic heterocycles. The molecule has 0 amide bonds. The topological polar surface area (TPSA) is 67.4 Å². The Morgan fingerprint density at radius 3 is 2.77 bits per heavy atom. The Bertz CT molecular complexity index is 623. The molecule has 1 aromatic carbocycles. The Labute approximate surface area is 143 Å². The van der Waals surface area contributed by atoms with Gasteiger partial charge in [-0.3, -0.25) is 0 Å². The van der Waals surface area contributed by atoms with Gasteiger partial charge in [-0.05, 0) is 32.5 Å². The third kappa shape index (κ3) is 4.49. The minimum absolute atomic E-state index is 0. The van der Waals surface area contributed by atoms with Crippen LogP contribution in [0.3, 0.4) is 0 Å². The smallest absolute Gasteiger partial charge is 0.240 e. The fourth-order valence-corrected chi connectivity index (χ4v) is 3.91. The van der Waals surface area contributed by atoms with Crippen LogP contribution in [0.4, 0.5) is 0 Å². The summed E-state index contributed by atoms with van der Waals surface area (Å²) in [4.78, 5) is 0.188. The summed E-state index contributed by atoms with van der Waals surface area (Å²) >= 11 is 6.13. The Kier molecular flexibility index (Phi) is 6.95. The van der Waals surface area contributed by atoms with Gasteiger partial charge in [0.05, 0.1) is 9.92 Å². The molecule has 0 fully saturated rings. The van der Waals surface area contributed by atoms with E-state index in [1.54, 1.807) is 6.07 Å². The molecule has 2 atom stereocenters. The first-order chi connectivity index (χ1) is 9.83. The average Bonchev–Trinajstić information content (AvgIpc) is 2.78. The summed E-state index contributed by atoms with van der Waals surface area (Å²) in [5.74, 6) is 0.601. The summed E-state index contributed by atoms with van der Waals surface area (Å²) in [5, 5.41) is 3.50. The number of hydrogen-bond donors (Lipinski definition) is 2. The molecular formula is C14H22Cl2N2O3S. The van der Waals surface area contributed by atoms with E-state index in [4.69, 9.17) is 16.3 Å². The quantitative estimate of drug-likeness (QED) is 0.808. The number of fused-ring (bicyclic) bond motifs is 1. The van der Waals surface area contributed by atoms with E-state index in [0.717, 1.165) is 12.1 Å². The monoisotopic (exact) mass is 368 g/mol. The number of halogens is 2. The first-order valence-corrected chi connectivity index (χ1v) is 8.91. The molecule has 8 heteroatoms. The van der Waals surface area contributed by atoms with Crippen LogP contribution in [-0.2, 0) is 16.4 Å². The van der Waals surface area contributed by atoms with Crippen molar-refractivity contribution < 1.29 is 13.2 Å². The third-order valence-electron chi connectivity index (χ3n) is 3.36. The molecule has 5 nitrogen and oxygen atoms in total. The standard InChI is InChI=1S/C14H21ClN2O3S.ClH/c1-4-16-9(2)8-17-21(18,19)12-6-11-5-10(3)20-14(11)13(15)7-12;/h6-7,9-10,16-17H,4-5,8H2,1-3H3;1H/t9-,10?;/m1./s1. The van der Waals surface area contributed by atoms with Gasteiger partial charge in [0.15, 0.2) is 0 Å². The lowest BCUT2D eigenvalue weighted by molar-refractivity contribution is 0.255. The average molecular weight is 369 g/mol. The Morgan fingerprint density at radius 1 is 1.45 bits per heavy atom. The normalized spacial score (nSPS) is 18.3. The van der Waals surface area contributed by atoms with Gasteiger partial charge in [-0.15, -0.1) is 12.4 Å². The minimum Gasteiger partial charge on any atom is -0.489 e. The van der Waals surface area contributed by atoms with Gasteiger partial charge in [-0.2, -0.15) is 0 Å². The summed E-state index contributed by atoms with van der Waals surface area (Å²) in [7, 11) is -3.57. The zero-order valence-corrected chi connectivity index (χ0v) is 15.2. The van der Waals surface area contributed by atoms with Crippen molar-refractivity contribution in [1.82, 2.24) is 10.0 Å². The Hall–Kier alpha value is -0.530. The Morgan fingerprint density at radius 2 is 2.14 bits per heavy atom. The predicted molar refractivity (Wildman–Crippen MR) is 90.8 cm³/mol. The van der Waals surface area contributed by atoms with E-state index in [9.17, 15) is 8.42 Å². The fourth-order valence-electron chi connectivity index (χ4n) is 2.35. The van der Waals surface area contributed by atoms with Crippen molar-refractivity contribution in [3.05, 3.63) is 22.7 Å². The lowest BCUT2D eigenvalue weighted by atomic mass is 10.1. The van der Waals surface area contributed by atoms with E-state index < -0.39 is 10.0 Å². The first kappa shape index (κ1) is 19.5. The van der Waals surface area contributed by atoms with Gasteiger partial charge >= 0.3 is 0 Å². The van der Waals surface area contributed by atoms with Crippen LogP contribution < -0.4 is 14.8 Å². The van der Waals surface area contributed by atoms with Crippen LogP contribution in [0, 0.1) is 0 Å².